The number of hydrogen-bond donors (Lipinski definition) is 3. The van der Waals surface area contributed by atoms with Crippen LogP contribution < -0.4 is 10.6 Å². The summed E-state index contributed by atoms with van der Waals surface area (Å²) in [6.45, 7) is 1.78. The lowest BCUT2D eigenvalue weighted by Gasteiger charge is -2.07. The van der Waals surface area contributed by atoms with Gasteiger partial charge in [0.15, 0.2) is 0 Å². The number of aromatic nitrogens is 1. The van der Waals surface area contributed by atoms with Crippen LogP contribution in [0.4, 0.5) is 5.82 Å². The van der Waals surface area contributed by atoms with E-state index in [1.165, 1.54) is 0 Å². The van der Waals surface area contributed by atoms with Gasteiger partial charge in [0.2, 0.25) is 0 Å². The van der Waals surface area contributed by atoms with Gasteiger partial charge in [-0.25, -0.2) is 9.78 Å². The molecule has 0 aliphatic heterocycles. The predicted molar refractivity (Wildman–Crippen MR) is 75.7 cm³/mol. The van der Waals surface area contributed by atoms with Gasteiger partial charge in [-0.2, -0.15) is 0 Å². The van der Waals surface area contributed by atoms with Crippen molar-refractivity contribution in [2.45, 2.75) is 6.42 Å². The number of hydrogen-bond acceptors (Lipinski definition) is 4. The zero-order valence-corrected chi connectivity index (χ0v) is 10.8. The summed E-state index contributed by atoms with van der Waals surface area (Å²) in [5.41, 5.74) is 0.977. The van der Waals surface area contributed by atoms with Crippen LogP contribution in [0.25, 0.3) is 10.9 Å². The molecule has 0 fully saturated rings. The number of rotatable bonds is 6. The van der Waals surface area contributed by atoms with Crippen molar-refractivity contribution in [3.63, 3.8) is 0 Å². The van der Waals surface area contributed by atoms with Crippen molar-refractivity contribution < 1.29 is 9.90 Å². The highest BCUT2D eigenvalue weighted by molar-refractivity contribution is 6.02. The number of pyridine rings is 1. The van der Waals surface area contributed by atoms with E-state index in [1.807, 2.05) is 19.2 Å². The first-order valence-electron chi connectivity index (χ1n) is 6.24. The molecule has 5 nitrogen and oxygen atoms in total. The van der Waals surface area contributed by atoms with Gasteiger partial charge in [-0.15, -0.1) is 0 Å². The zero-order valence-electron chi connectivity index (χ0n) is 10.8. The maximum atomic E-state index is 11.1. The molecule has 0 aliphatic carbocycles. The Morgan fingerprint density at radius 1 is 1.26 bits per heavy atom. The quantitative estimate of drug-likeness (QED) is 0.691. The van der Waals surface area contributed by atoms with Crippen molar-refractivity contribution in [1.82, 2.24) is 10.3 Å². The summed E-state index contributed by atoms with van der Waals surface area (Å²) in [5, 5.41) is 16.1. The molecule has 3 N–H and O–H groups in total. The number of carbonyl (C=O) groups is 1. The third kappa shape index (κ3) is 3.20. The van der Waals surface area contributed by atoms with E-state index in [0.29, 0.717) is 10.9 Å². The third-order valence-corrected chi connectivity index (χ3v) is 2.87. The fourth-order valence-electron chi connectivity index (χ4n) is 1.92. The topological polar surface area (TPSA) is 74.2 Å². The Balaban J connectivity index is 2.19. The van der Waals surface area contributed by atoms with Crippen molar-refractivity contribution in [2.24, 2.45) is 0 Å². The van der Waals surface area contributed by atoms with Crippen LogP contribution in [0.2, 0.25) is 0 Å². The minimum Gasteiger partial charge on any atom is -0.478 e. The first-order valence-corrected chi connectivity index (χ1v) is 6.24. The van der Waals surface area contributed by atoms with Crippen molar-refractivity contribution in [3.05, 3.63) is 35.9 Å². The Bertz CT molecular complexity index is 584. The molecule has 0 radical (unpaired) electrons. The maximum absolute atomic E-state index is 11.1. The van der Waals surface area contributed by atoms with Gasteiger partial charge in [-0.3, -0.25) is 0 Å². The fourth-order valence-corrected chi connectivity index (χ4v) is 1.92. The van der Waals surface area contributed by atoms with Crippen LogP contribution in [0.3, 0.4) is 0 Å². The first-order chi connectivity index (χ1) is 9.22. The van der Waals surface area contributed by atoms with Gasteiger partial charge in [0, 0.05) is 11.9 Å². The van der Waals surface area contributed by atoms with Crippen LogP contribution in [0, 0.1) is 0 Å². The number of anilines is 1. The van der Waals surface area contributed by atoms with Gasteiger partial charge < -0.3 is 15.7 Å². The lowest BCUT2D eigenvalue weighted by atomic mass is 10.1. The van der Waals surface area contributed by atoms with E-state index in [-0.39, 0.29) is 5.56 Å². The molecule has 0 saturated heterocycles. The third-order valence-electron chi connectivity index (χ3n) is 2.87. The van der Waals surface area contributed by atoms with E-state index < -0.39 is 5.97 Å². The number of nitrogens with one attached hydrogen (secondary N) is 2. The predicted octanol–water partition coefficient (Wildman–Crippen LogP) is 1.95. The Kier molecular flexibility index (Phi) is 4.30. The van der Waals surface area contributed by atoms with E-state index in [2.05, 4.69) is 15.6 Å². The highest BCUT2D eigenvalue weighted by Gasteiger charge is 2.08. The number of carboxylic acid groups (broad SMARTS) is 1. The Morgan fingerprint density at radius 2 is 2.11 bits per heavy atom. The minimum atomic E-state index is -0.929. The van der Waals surface area contributed by atoms with E-state index in [0.717, 1.165) is 25.3 Å². The number of aromatic carboxylic acids is 1. The molecular formula is C14H17N3O2. The average molecular weight is 259 g/mol. The van der Waals surface area contributed by atoms with Crippen LogP contribution in [0.1, 0.15) is 16.8 Å². The molecular weight excluding hydrogens is 242 g/mol. The molecule has 0 bridgehead atoms. The molecule has 0 unspecified atom stereocenters. The van der Waals surface area contributed by atoms with Crippen molar-refractivity contribution in [1.29, 1.82) is 0 Å². The van der Waals surface area contributed by atoms with Crippen LogP contribution in [-0.4, -0.2) is 36.2 Å². The SMILES string of the molecule is CNCCCNc1ccc2c(C(=O)O)cccc2n1. The van der Waals surface area contributed by atoms with Gasteiger partial charge in [-0.05, 0) is 44.3 Å². The monoisotopic (exact) mass is 259 g/mol. The molecule has 2 rings (SSSR count). The summed E-state index contributed by atoms with van der Waals surface area (Å²) in [4.78, 5) is 15.5. The summed E-state index contributed by atoms with van der Waals surface area (Å²) >= 11 is 0. The standard InChI is InChI=1S/C14H17N3O2/c1-15-8-3-9-16-13-7-6-10-11(14(18)19)4-2-5-12(10)17-13/h2,4-7,15H,3,8-9H2,1H3,(H,16,17)(H,18,19). The van der Waals surface area contributed by atoms with Crippen LogP contribution in [0.5, 0.6) is 0 Å². The summed E-state index contributed by atoms with van der Waals surface area (Å²) in [7, 11) is 1.92. The molecule has 1 aromatic carbocycles. The summed E-state index contributed by atoms with van der Waals surface area (Å²) in [5.74, 6) is -0.159. The van der Waals surface area contributed by atoms with E-state index in [9.17, 15) is 4.79 Å². The fraction of sp³-hybridized carbons (Fsp3) is 0.286. The Hall–Kier alpha value is -2.14. The highest BCUT2D eigenvalue weighted by atomic mass is 16.4. The summed E-state index contributed by atoms with van der Waals surface area (Å²) in [6.07, 6.45) is 1.01. The van der Waals surface area contributed by atoms with Crippen LogP contribution >= 0.6 is 0 Å². The summed E-state index contributed by atoms with van der Waals surface area (Å²) in [6, 6.07) is 8.73. The van der Waals surface area contributed by atoms with Gasteiger partial charge in [0.05, 0.1) is 11.1 Å². The molecule has 0 aliphatic rings. The van der Waals surface area contributed by atoms with Gasteiger partial charge in [0.25, 0.3) is 0 Å². The Labute approximate surface area is 111 Å². The molecule has 0 atom stereocenters. The molecule has 19 heavy (non-hydrogen) atoms. The van der Waals surface area contributed by atoms with Crippen molar-refractivity contribution in [3.8, 4) is 0 Å². The van der Waals surface area contributed by atoms with E-state index in [1.54, 1.807) is 18.2 Å². The second kappa shape index (κ2) is 6.15. The minimum absolute atomic E-state index is 0.284. The molecule has 0 amide bonds. The zero-order chi connectivity index (χ0) is 13.7. The molecule has 1 aromatic heterocycles. The average Bonchev–Trinajstić information content (AvgIpc) is 2.42. The van der Waals surface area contributed by atoms with Crippen LogP contribution in [-0.2, 0) is 0 Å². The largest absolute Gasteiger partial charge is 0.478 e. The normalized spacial score (nSPS) is 10.6. The van der Waals surface area contributed by atoms with Gasteiger partial charge in [-0.1, -0.05) is 6.07 Å². The van der Waals surface area contributed by atoms with Crippen LogP contribution in [0.15, 0.2) is 30.3 Å². The van der Waals surface area contributed by atoms with Gasteiger partial charge >= 0.3 is 5.97 Å². The highest BCUT2D eigenvalue weighted by Crippen LogP contribution is 2.19. The van der Waals surface area contributed by atoms with Gasteiger partial charge in [0.1, 0.15) is 5.82 Å². The second-order valence-electron chi connectivity index (χ2n) is 4.26. The molecule has 0 spiro atoms. The Morgan fingerprint density at radius 3 is 2.84 bits per heavy atom. The summed E-state index contributed by atoms with van der Waals surface area (Å²) < 4.78 is 0. The first kappa shape index (κ1) is 13.3. The number of carboxylic acids is 1. The number of fused-ring (bicyclic) bond motifs is 1. The maximum Gasteiger partial charge on any atom is 0.336 e. The lowest BCUT2D eigenvalue weighted by molar-refractivity contribution is 0.0699. The molecule has 5 heteroatoms. The lowest BCUT2D eigenvalue weighted by Crippen LogP contribution is -2.13. The number of nitrogens with zero attached hydrogens (tertiary/aromatic N) is 1. The molecule has 0 saturated carbocycles. The van der Waals surface area contributed by atoms with Crippen molar-refractivity contribution in [2.75, 3.05) is 25.5 Å². The molecule has 2 aromatic rings. The number of benzene rings is 1. The van der Waals surface area contributed by atoms with E-state index >= 15 is 0 Å². The van der Waals surface area contributed by atoms with E-state index in [4.69, 9.17) is 5.11 Å². The molecule has 100 valence electrons. The molecule has 1 heterocycles. The van der Waals surface area contributed by atoms with Crippen molar-refractivity contribution >= 4 is 22.7 Å². The smallest absolute Gasteiger partial charge is 0.336 e. The second-order valence-corrected chi connectivity index (χ2v) is 4.26.